The van der Waals surface area contributed by atoms with Crippen molar-refractivity contribution in [1.29, 1.82) is 5.26 Å². The van der Waals surface area contributed by atoms with E-state index in [4.69, 9.17) is 5.26 Å². The van der Waals surface area contributed by atoms with Crippen LogP contribution in [-0.2, 0) is 4.79 Å². The Balaban J connectivity index is 1.82. The van der Waals surface area contributed by atoms with E-state index in [1.807, 2.05) is 36.5 Å². The van der Waals surface area contributed by atoms with Gasteiger partial charge in [-0.2, -0.15) is 5.26 Å². The molecular weight excluding hydrogens is 252 g/mol. The molecule has 0 N–H and O–H groups in total. The van der Waals surface area contributed by atoms with Crippen LogP contribution in [0.1, 0.15) is 19.3 Å². The highest BCUT2D eigenvalue weighted by atomic mass is 16.2. The zero-order valence-corrected chi connectivity index (χ0v) is 10.9. The van der Waals surface area contributed by atoms with Gasteiger partial charge >= 0.3 is 0 Å². The van der Waals surface area contributed by atoms with Gasteiger partial charge in [-0.05, 0) is 37.3 Å². The van der Waals surface area contributed by atoms with Crippen molar-refractivity contribution in [3.63, 3.8) is 0 Å². The van der Waals surface area contributed by atoms with Crippen molar-refractivity contribution < 1.29 is 4.79 Å². The van der Waals surface area contributed by atoms with E-state index in [-0.39, 0.29) is 11.9 Å². The zero-order valence-electron chi connectivity index (χ0n) is 10.9. The molecule has 20 heavy (non-hydrogen) atoms. The summed E-state index contributed by atoms with van der Waals surface area (Å²) in [4.78, 5) is 20.4. The number of piperidine rings is 1. The number of hydrogen-bond acceptors (Lipinski definition) is 3. The molecule has 2 saturated heterocycles. The maximum Gasteiger partial charge on any atom is 0.257 e. The number of rotatable bonds is 1. The number of para-hydroxylation sites is 1. The van der Waals surface area contributed by atoms with E-state index in [0.717, 1.165) is 24.9 Å². The number of aliphatic imine (C=N–C) groups is 1. The Morgan fingerprint density at radius 2 is 2.05 bits per heavy atom. The topological polar surface area (TPSA) is 59.7 Å². The standard InChI is InChI=1S/C15H14N4O/c16-9-17-15-18-12-7-6-10(8-12)13(18)14(20)19(15)11-4-2-1-3-5-11/h1-5,10,12-13H,6-8H2. The van der Waals surface area contributed by atoms with Gasteiger partial charge in [0.25, 0.3) is 5.91 Å². The number of nitrogens with zero attached hydrogens (tertiary/aromatic N) is 4. The lowest BCUT2D eigenvalue weighted by Gasteiger charge is -2.28. The fourth-order valence-corrected chi connectivity index (χ4v) is 3.91. The summed E-state index contributed by atoms with van der Waals surface area (Å²) in [6.07, 6.45) is 5.12. The average Bonchev–Trinajstić information content (AvgIpc) is 3.14. The third-order valence-electron chi connectivity index (χ3n) is 4.65. The molecule has 3 unspecified atom stereocenters. The fourth-order valence-electron chi connectivity index (χ4n) is 3.91. The quantitative estimate of drug-likeness (QED) is 0.727. The van der Waals surface area contributed by atoms with Crippen molar-refractivity contribution in [2.24, 2.45) is 10.9 Å². The van der Waals surface area contributed by atoms with Crippen LogP contribution in [0.4, 0.5) is 5.69 Å². The second kappa shape index (κ2) is 4.07. The van der Waals surface area contributed by atoms with E-state index < -0.39 is 0 Å². The lowest BCUT2D eigenvalue weighted by atomic mass is 9.99. The lowest BCUT2D eigenvalue weighted by Crippen LogP contribution is -2.41. The number of carbonyl (C=O) groups is 1. The van der Waals surface area contributed by atoms with Crippen LogP contribution in [0.5, 0.6) is 0 Å². The van der Waals surface area contributed by atoms with E-state index in [1.165, 1.54) is 0 Å². The number of hydrogen-bond donors (Lipinski definition) is 0. The van der Waals surface area contributed by atoms with Crippen molar-refractivity contribution in [3.05, 3.63) is 30.3 Å². The average molecular weight is 266 g/mol. The Morgan fingerprint density at radius 1 is 1.25 bits per heavy atom. The van der Waals surface area contributed by atoms with Gasteiger partial charge in [0.1, 0.15) is 6.04 Å². The molecule has 4 rings (SSSR count). The Hall–Kier alpha value is -2.35. The number of fused-ring (bicyclic) bond motifs is 5. The van der Waals surface area contributed by atoms with E-state index in [1.54, 1.807) is 4.90 Å². The molecule has 3 fully saturated rings. The predicted molar refractivity (Wildman–Crippen MR) is 73.7 cm³/mol. The van der Waals surface area contributed by atoms with E-state index in [0.29, 0.717) is 17.9 Å². The van der Waals surface area contributed by atoms with Crippen LogP contribution in [0.2, 0.25) is 0 Å². The minimum atomic E-state index is -0.110. The molecule has 100 valence electrons. The second-order valence-electron chi connectivity index (χ2n) is 5.60. The number of carbonyl (C=O) groups excluding carboxylic acids is 1. The van der Waals surface area contributed by atoms with Crippen molar-refractivity contribution in [3.8, 4) is 6.19 Å². The smallest absolute Gasteiger partial charge is 0.257 e. The first-order valence-electron chi connectivity index (χ1n) is 6.95. The highest BCUT2D eigenvalue weighted by Gasteiger charge is 2.58. The predicted octanol–water partition coefficient (Wildman–Crippen LogP) is 1.72. The van der Waals surface area contributed by atoms with Crippen LogP contribution >= 0.6 is 0 Å². The minimum Gasteiger partial charge on any atom is -0.326 e. The summed E-state index contributed by atoms with van der Waals surface area (Å²) in [5.41, 5.74) is 0.792. The molecule has 3 aliphatic rings. The first kappa shape index (κ1) is 11.5. The van der Waals surface area contributed by atoms with Crippen molar-refractivity contribution in [1.82, 2.24) is 4.90 Å². The zero-order chi connectivity index (χ0) is 13.7. The molecule has 1 aromatic carbocycles. The first-order chi connectivity index (χ1) is 9.81. The monoisotopic (exact) mass is 266 g/mol. The third-order valence-corrected chi connectivity index (χ3v) is 4.65. The number of guanidine groups is 1. The van der Waals surface area contributed by atoms with Crippen LogP contribution < -0.4 is 4.90 Å². The Morgan fingerprint density at radius 3 is 2.80 bits per heavy atom. The van der Waals surface area contributed by atoms with Crippen LogP contribution in [-0.4, -0.2) is 28.9 Å². The maximum absolute atomic E-state index is 12.8. The molecule has 2 bridgehead atoms. The summed E-state index contributed by atoms with van der Waals surface area (Å²) >= 11 is 0. The van der Waals surface area contributed by atoms with E-state index >= 15 is 0 Å². The molecule has 0 aromatic heterocycles. The molecular formula is C15H14N4O. The van der Waals surface area contributed by atoms with Gasteiger partial charge in [0, 0.05) is 6.04 Å². The molecule has 1 aliphatic carbocycles. The van der Waals surface area contributed by atoms with Crippen LogP contribution in [0.25, 0.3) is 0 Å². The summed E-state index contributed by atoms with van der Waals surface area (Å²) in [7, 11) is 0. The molecule has 0 spiro atoms. The highest BCUT2D eigenvalue weighted by molar-refractivity contribution is 6.23. The molecule has 1 saturated carbocycles. The van der Waals surface area contributed by atoms with Gasteiger partial charge < -0.3 is 4.90 Å². The molecule has 5 nitrogen and oxygen atoms in total. The summed E-state index contributed by atoms with van der Waals surface area (Å²) in [6, 6.07) is 9.73. The molecule has 0 radical (unpaired) electrons. The van der Waals surface area contributed by atoms with E-state index in [9.17, 15) is 4.79 Å². The molecule has 5 heteroatoms. The summed E-state index contributed by atoms with van der Waals surface area (Å²) in [6.45, 7) is 0. The van der Waals surface area contributed by atoms with Crippen molar-refractivity contribution in [2.75, 3.05) is 4.90 Å². The molecule has 1 amide bonds. The van der Waals surface area contributed by atoms with Gasteiger partial charge in [0.05, 0.1) is 5.69 Å². The normalized spacial score (nSPS) is 32.9. The molecule has 2 aliphatic heterocycles. The molecule has 2 heterocycles. The first-order valence-corrected chi connectivity index (χ1v) is 6.95. The van der Waals surface area contributed by atoms with Crippen LogP contribution in [0.15, 0.2) is 35.3 Å². The Bertz CT molecular complexity index is 633. The number of benzene rings is 1. The number of anilines is 1. The fraction of sp³-hybridized carbons (Fsp3) is 0.400. The SMILES string of the molecule is N#CN=C1N(c2ccccc2)C(=O)C2C3CCC(C3)N12. The Kier molecular flexibility index (Phi) is 2.34. The van der Waals surface area contributed by atoms with Gasteiger partial charge in [-0.15, -0.1) is 4.99 Å². The summed E-state index contributed by atoms with van der Waals surface area (Å²) < 4.78 is 0. The largest absolute Gasteiger partial charge is 0.326 e. The second-order valence-corrected chi connectivity index (χ2v) is 5.60. The Labute approximate surface area is 117 Å². The van der Waals surface area contributed by atoms with Gasteiger partial charge in [0.2, 0.25) is 12.2 Å². The van der Waals surface area contributed by atoms with E-state index in [2.05, 4.69) is 9.89 Å². The van der Waals surface area contributed by atoms with Crippen molar-refractivity contribution in [2.45, 2.75) is 31.3 Å². The van der Waals surface area contributed by atoms with Gasteiger partial charge in [-0.3, -0.25) is 4.79 Å². The van der Waals surface area contributed by atoms with Crippen molar-refractivity contribution >= 4 is 17.6 Å². The maximum atomic E-state index is 12.8. The number of amides is 1. The third kappa shape index (κ3) is 1.36. The molecule has 1 aromatic rings. The van der Waals surface area contributed by atoms with Crippen LogP contribution in [0, 0.1) is 17.4 Å². The highest BCUT2D eigenvalue weighted by Crippen LogP contribution is 2.47. The van der Waals surface area contributed by atoms with Gasteiger partial charge in [-0.25, -0.2) is 4.90 Å². The van der Waals surface area contributed by atoms with Crippen LogP contribution in [0.3, 0.4) is 0 Å². The lowest BCUT2D eigenvalue weighted by molar-refractivity contribution is -0.120. The van der Waals surface area contributed by atoms with Gasteiger partial charge in [0.15, 0.2) is 0 Å². The summed E-state index contributed by atoms with van der Waals surface area (Å²) in [5, 5.41) is 8.97. The van der Waals surface area contributed by atoms with Gasteiger partial charge in [-0.1, -0.05) is 18.2 Å². The minimum absolute atomic E-state index is 0.0670. The summed E-state index contributed by atoms with van der Waals surface area (Å²) in [5.74, 6) is 1.00. The molecule has 3 atom stereocenters. The number of nitriles is 1.